The van der Waals surface area contributed by atoms with Crippen molar-refractivity contribution in [2.75, 3.05) is 19.8 Å². The molecule has 19 heavy (non-hydrogen) atoms. The second-order valence-corrected chi connectivity index (χ2v) is 5.76. The topological polar surface area (TPSA) is 30.5 Å². The molecule has 1 fully saturated rings. The summed E-state index contributed by atoms with van der Waals surface area (Å²) >= 11 is 6.26. The molecule has 1 aromatic carbocycles. The van der Waals surface area contributed by atoms with Gasteiger partial charge in [-0.3, -0.25) is 0 Å². The molecule has 0 radical (unpaired) electrons. The molecule has 106 valence electrons. The van der Waals surface area contributed by atoms with Crippen LogP contribution in [0.5, 0.6) is 5.75 Å². The first-order chi connectivity index (χ1) is 9.16. The van der Waals surface area contributed by atoms with Gasteiger partial charge in [0.1, 0.15) is 11.9 Å². The van der Waals surface area contributed by atoms with Crippen LogP contribution >= 0.6 is 11.6 Å². The molecule has 1 saturated heterocycles. The quantitative estimate of drug-likeness (QED) is 0.869. The zero-order chi connectivity index (χ0) is 13.7. The van der Waals surface area contributed by atoms with Gasteiger partial charge in [-0.25, -0.2) is 0 Å². The van der Waals surface area contributed by atoms with E-state index in [-0.39, 0.29) is 6.10 Å². The van der Waals surface area contributed by atoms with Gasteiger partial charge in [0.05, 0.1) is 18.2 Å². The average molecular weight is 284 g/mol. The van der Waals surface area contributed by atoms with Crippen LogP contribution in [0.4, 0.5) is 0 Å². The summed E-state index contributed by atoms with van der Waals surface area (Å²) in [5, 5.41) is 4.10. The van der Waals surface area contributed by atoms with Crippen molar-refractivity contribution in [2.24, 2.45) is 5.92 Å². The lowest BCUT2D eigenvalue weighted by Crippen LogP contribution is -2.21. The fraction of sp³-hybridized carbons (Fsp3) is 0.600. The minimum atomic E-state index is 0.128. The predicted octanol–water partition coefficient (Wildman–Crippen LogP) is 3.25. The lowest BCUT2D eigenvalue weighted by Gasteiger charge is -2.17. The molecule has 0 saturated carbocycles. The van der Waals surface area contributed by atoms with E-state index in [2.05, 4.69) is 25.2 Å². The predicted molar refractivity (Wildman–Crippen MR) is 77.8 cm³/mol. The van der Waals surface area contributed by atoms with Crippen LogP contribution in [-0.2, 0) is 11.3 Å². The maximum atomic E-state index is 6.26. The first-order valence-electron chi connectivity index (χ1n) is 6.89. The lowest BCUT2D eigenvalue weighted by atomic mass is 10.1. The van der Waals surface area contributed by atoms with Crippen LogP contribution in [0.1, 0.15) is 25.8 Å². The van der Waals surface area contributed by atoms with Gasteiger partial charge in [-0.15, -0.1) is 0 Å². The Kier molecular flexibility index (Phi) is 5.49. The summed E-state index contributed by atoms with van der Waals surface area (Å²) in [6.07, 6.45) is 1.06. The van der Waals surface area contributed by atoms with Crippen molar-refractivity contribution in [3.05, 3.63) is 28.8 Å². The van der Waals surface area contributed by atoms with E-state index in [4.69, 9.17) is 21.1 Å². The third kappa shape index (κ3) is 4.37. The van der Waals surface area contributed by atoms with E-state index in [1.165, 1.54) is 0 Å². The van der Waals surface area contributed by atoms with Crippen LogP contribution in [0.2, 0.25) is 5.02 Å². The molecule has 1 N–H and O–H groups in total. The molecule has 3 nitrogen and oxygen atoms in total. The Morgan fingerprint density at radius 2 is 2.32 bits per heavy atom. The van der Waals surface area contributed by atoms with Gasteiger partial charge in [0.25, 0.3) is 0 Å². The number of nitrogens with one attached hydrogen (secondary N) is 1. The van der Waals surface area contributed by atoms with Crippen molar-refractivity contribution < 1.29 is 9.47 Å². The summed E-state index contributed by atoms with van der Waals surface area (Å²) in [5.74, 6) is 1.43. The highest BCUT2D eigenvalue weighted by atomic mass is 35.5. The highest BCUT2D eigenvalue weighted by molar-refractivity contribution is 6.32. The highest BCUT2D eigenvalue weighted by Gasteiger charge is 2.20. The number of hydrogen-bond acceptors (Lipinski definition) is 3. The summed E-state index contributed by atoms with van der Waals surface area (Å²) < 4.78 is 11.3. The van der Waals surface area contributed by atoms with E-state index in [9.17, 15) is 0 Å². The van der Waals surface area contributed by atoms with Gasteiger partial charge in [0, 0.05) is 18.5 Å². The Morgan fingerprint density at radius 1 is 1.47 bits per heavy atom. The Balaban J connectivity index is 2.02. The van der Waals surface area contributed by atoms with E-state index in [0.29, 0.717) is 17.5 Å². The monoisotopic (exact) mass is 283 g/mol. The van der Waals surface area contributed by atoms with Crippen LogP contribution in [0, 0.1) is 5.92 Å². The van der Waals surface area contributed by atoms with Crippen LogP contribution < -0.4 is 10.1 Å². The SMILES string of the molecule is CC(C)CNCc1cccc(Cl)c1OC1CCOC1. The summed E-state index contributed by atoms with van der Waals surface area (Å²) in [7, 11) is 0. The molecular formula is C15H22ClNO2. The standard InChI is InChI=1S/C15H22ClNO2/c1-11(2)8-17-9-12-4-3-5-14(16)15(12)19-13-6-7-18-10-13/h3-5,11,13,17H,6-10H2,1-2H3. The Morgan fingerprint density at radius 3 is 3.00 bits per heavy atom. The minimum Gasteiger partial charge on any atom is -0.486 e. The van der Waals surface area contributed by atoms with Gasteiger partial charge in [-0.1, -0.05) is 37.6 Å². The third-order valence-electron chi connectivity index (χ3n) is 3.09. The van der Waals surface area contributed by atoms with Crippen LogP contribution in [0.25, 0.3) is 0 Å². The number of halogens is 1. The van der Waals surface area contributed by atoms with Crippen molar-refractivity contribution in [1.29, 1.82) is 0 Å². The molecule has 1 aliphatic heterocycles. The molecule has 2 rings (SSSR count). The van der Waals surface area contributed by atoms with Gasteiger partial charge >= 0.3 is 0 Å². The number of ether oxygens (including phenoxy) is 2. The van der Waals surface area contributed by atoms with Gasteiger partial charge < -0.3 is 14.8 Å². The lowest BCUT2D eigenvalue weighted by molar-refractivity contribution is 0.140. The van der Waals surface area contributed by atoms with Crippen LogP contribution in [0.15, 0.2) is 18.2 Å². The second-order valence-electron chi connectivity index (χ2n) is 5.36. The first-order valence-corrected chi connectivity index (χ1v) is 7.27. The van der Waals surface area contributed by atoms with Crippen molar-refractivity contribution in [3.8, 4) is 5.75 Å². The smallest absolute Gasteiger partial charge is 0.142 e. The summed E-state index contributed by atoms with van der Waals surface area (Å²) in [5.41, 5.74) is 1.11. The fourth-order valence-electron chi connectivity index (χ4n) is 2.09. The average Bonchev–Trinajstić information content (AvgIpc) is 2.85. The van der Waals surface area contributed by atoms with E-state index in [1.54, 1.807) is 0 Å². The van der Waals surface area contributed by atoms with E-state index < -0.39 is 0 Å². The number of para-hydroxylation sites is 1. The Hall–Kier alpha value is -0.770. The van der Waals surface area contributed by atoms with E-state index in [0.717, 1.165) is 37.4 Å². The Bertz CT molecular complexity index is 403. The van der Waals surface area contributed by atoms with Crippen LogP contribution in [0.3, 0.4) is 0 Å². The summed E-state index contributed by atoms with van der Waals surface area (Å²) in [6, 6.07) is 5.90. The van der Waals surface area contributed by atoms with Crippen molar-refractivity contribution in [1.82, 2.24) is 5.32 Å². The molecular weight excluding hydrogens is 262 g/mol. The molecule has 1 aromatic rings. The molecule has 1 heterocycles. The number of rotatable bonds is 6. The van der Waals surface area contributed by atoms with Gasteiger partial charge in [-0.05, 0) is 18.5 Å². The van der Waals surface area contributed by atoms with Crippen LogP contribution in [-0.4, -0.2) is 25.9 Å². The maximum absolute atomic E-state index is 6.26. The molecule has 1 aliphatic rings. The zero-order valence-electron chi connectivity index (χ0n) is 11.6. The number of hydrogen-bond donors (Lipinski definition) is 1. The fourth-order valence-corrected chi connectivity index (χ4v) is 2.33. The third-order valence-corrected chi connectivity index (χ3v) is 3.39. The number of benzene rings is 1. The highest BCUT2D eigenvalue weighted by Crippen LogP contribution is 2.30. The molecule has 0 aromatic heterocycles. The van der Waals surface area contributed by atoms with E-state index in [1.807, 2.05) is 12.1 Å². The molecule has 0 amide bonds. The van der Waals surface area contributed by atoms with Crippen molar-refractivity contribution >= 4 is 11.6 Å². The Labute approximate surface area is 120 Å². The largest absolute Gasteiger partial charge is 0.486 e. The summed E-state index contributed by atoms with van der Waals surface area (Å²) in [4.78, 5) is 0. The van der Waals surface area contributed by atoms with Gasteiger partial charge in [0.15, 0.2) is 0 Å². The van der Waals surface area contributed by atoms with Gasteiger partial charge in [-0.2, -0.15) is 0 Å². The molecule has 1 atom stereocenters. The van der Waals surface area contributed by atoms with E-state index >= 15 is 0 Å². The normalized spacial score (nSPS) is 19.1. The minimum absolute atomic E-state index is 0.128. The molecule has 4 heteroatoms. The van der Waals surface area contributed by atoms with Gasteiger partial charge in [0.2, 0.25) is 0 Å². The summed E-state index contributed by atoms with van der Waals surface area (Å²) in [6.45, 7) is 7.58. The van der Waals surface area contributed by atoms with Crippen molar-refractivity contribution in [2.45, 2.75) is 32.9 Å². The first kappa shape index (κ1) is 14.6. The zero-order valence-corrected chi connectivity index (χ0v) is 12.4. The molecule has 0 spiro atoms. The maximum Gasteiger partial charge on any atom is 0.142 e. The second kappa shape index (κ2) is 7.13. The molecule has 1 unspecified atom stereocenters. The van der Waals surface area contributed by atoms with Crippen molar-refractivity contribution in [3.63, 3.8) is 0 Å². The molecule has 0 aliphatic carbocycles. The molecule has 0 bridgehead atoms.